The predicted octanol–water partition coefficient (Wildman–Crippen LogP) is 2.24. The maximum Gasteiger partial charge on any atom is 0.224 e. The second kappa shape index (κ2) is 5.70. The zero-order valence-electron chi connectivity index (χ0n) is 8.62. The fraction of sp³-hybridized carbons (Fsp3) is 0.667. The summed E-state index contributed by atoms with van der Waals surface area (Å²) in [6.45, 7) is 5.55. The second-order valence-electron chi connectivity index (χ2n) is 2.54. The van der Waals surface area contributed by atoms with Crippen LogP contribution < -0.4 is 0 Å². The van der Waals surface area contributed by atoms with Crippen molar-refractivity contribution in [2.75, 3.05) is 7.11 Å². The Kier molecular flexibility index (Phi) is 5.30. The van der Waals surface area contributed by atoms with E-state index in [1.165, 1.54) is 14.0 Å². The van der Waals surface area contributed by atoms with Crippen LogP contribution in [0.4, 0.5) is 4.39 Å². The van der Waals surface area contributed by atoms with E-state index in [2.05, 4.69) is 9.72 Å². The summed E-state index contributed by atoms with van der Waals surface area (Å²) < 4.78 is 19.3. The summed E-state index contributed by atoms with van der Waals surface area (Å²) in [5.74, 6) is -1.61. The second-order valence-corrected chi connectivity index (χ2v) is 2.54. The van der Waals surface area contributed by atoms with E-state index >= 15 is 0 Å². The van der Waals surface area contributed by atoms with E-state index in [4.69, 9.17) is 0 Å². The molecule has 1 aromatic heterocycles. The summed E-state index contributed by atoms with van der Waals surface area (Å²) in [4.78, 5) is 3.78. The molecule has 1 aromatic rings. The van der Waals surface area contributed by atoms with Gasteiger partial charge in [-0.3, -0.25) is 0 Å². The maximum absolute atomic E-state index is 13.1. The minimum absolute atomic E-state index is 0.170. The van der Waals surface area contributed by atoms with Gasteiger partial charge < -0.3 is 9.30 Å². The molecular weight excluding hydrogens is 171 g/mol. The van der Waals surface area contributed by atoms with Crippen LogP contribution in [0.1, 0.15) is 20.8 Å². The molecule has 0 fully saturated rings. The molecule has 0 aliphatic carbocycles. The first-order valence-electron chi connectivity index (χ1n) is 4.34. The van der Waals surface area contributed by atoms with Gasteiger partial charge >= 0.3 is 0 Å². The van der Waals surface area contributed by atoms with Crippen LogP contribution in [-0.2, 0) is 11.3 Å². The lowest BCUT2D eigenvalue weighted by Crippen LogP contribution is -2.26. The van der Waals surface area contributed by atoms with Gasteiger partial charge in [-0.1, -0.05) is 13.8 Å². The number of methoxy groups -OCH3 is 1. The third kappa shape index (κ3) is 4.62. The molecular formula is C9H17FN2O. The van der Waals surface area contributed by atoms with Gasteiger partial charge in [0.05, 0.1) is 12.9 Å². The van der Waals surface area contributed by atoms with Gasteiger partial charge in [-0.05, 0) is 6.92 Å². The van der Waals surface area contributed by atoms with Crippen molar-refractivity contribution < 1.29 is 9.13 Å². The van der Waals surface area contributed by atoms with Gasteiger partial charge in [0, 0.05) is 19.5 Å². The molecule has 1 heterocycles. The molecule has 4 heteroatoms. The molecule has 0 saturated heterocycles. The summed E-state index contributed by atoms with van der Waals surface area (Å²) >= 11 is 0. The van der Waals surface area contributed by atoms with Gasteiger partial charge in [-0.15, -0.1) is 0 Å². The highest BCUT2D eigenvalue weighted by atomic mass is 19.2. The summed E-state index contributed by atoms with van der Waals surface area (Å²) in [6, 6.07) is 0. The van der Waals surface area contributed by atoms with Crippen molar-refractivity contribution in [3.63, 3.8) is 0 Å². The van der Waals surface area contributed by atoms with Crippen molar-refractivity contribution in [3.05, 3.63) is 18.7 Å². The van der Waals surface area contributed by atoms with E-state index < -0.39 is 5.85 Å². The molecule has 0 aromatic carbocycles. The highest BCUT2D eigenvalue weighted by Crippen LogP contribution is 2.12. The Bertz CT molecular complexity index is 209. The molecule has 0 N–H and O–H groups in total. The zero-order chi connectivity index (χ0) is 10.3. The monoisotopic (exact) mass is 188 g/mol. The lowest BCUT2D eigenvalue weighted by molar-refractivity contribution is -0.116. The van der Waals surface area contributed by atoms with Crippen molar-refractivity contribution in [2.24, 2.45) is 0 Å². The minimum atomic E-state index is -1.61. The fourth-order valence-corrected chi connectivity index (χ4v) is 0.771. The van der Waals surface area contributed by atoms with Crippen LogP contribution in [0.2, 0.25) is 0 Å². The Hall–Kier alpha value is -0.900. The molecule has 0 aliphatic rings. The standard InChI is InChI=1S/C7H11FN2O.C2H6/c1-7(8,11-2)5-10-4-3-9-6-10;1-2/h3-4,6H,5H2,1-2H3;1-2H3. The zero-order valence-corrected chi connectivity index (χ0v) is 8.62. The number of nitrogens with zero attached hydrogens (tertiary/aromatic N) is 2. The molecule has 1 atom stereocenters. The summed E-state index contributed by atoms with van der Waals surface area (Å²) in [5, 5.41) is 0. The Balaban J connectivity index is 0.000000671. The van der Waals surface area contributed by atoms with Gasteiger partial charge in [0.2, 0.25) is 5.85 Å². The molecule has 0 aliphatic heterocycles. The van der Waals surface area contributed by atoms with E-state index in [0.29, 0.717) is 0 Å². The minimum Gasteiger partial charge on any atom is -0.348 e. The van der Waals surface area contributed by atoms with Crippen LogP contribution in [-0.4, -0.2) is 22.5 Å². The number of alkyl halides is 1. The van der Waals surface area contributed by atoms with Crippen LogP contribution >= 0.6 is 0 Å². The number of hydrogen-bond donors (Lipinski definition) is 0. The third-order valence-corrected chi connectivity index (χ3v) is 1.45. The van der Waals surface area contributed by atoms with E-state index in [1.54, 1.807) is 23.3 Å². The van der Waals surface area contributed by atoms with E-state index in [1.807, 2.05) is 13.8 Å². The first kappa shape index (κ1) is 12.1. The first-order chi connectivity index (χ1) is 6.14. The molecule has 13 heavy (non-hydrogen) atoms. The van der Waals surface area contributed by atoms with Crippen LogP contribution in [0.25, 0.3) is 0 Å². The molecule has 3 nitrogen and oxygen atoms in total. The molecule has 0 bridgehead atoms. The van der Waals surface area contributed by atoms with Crippen LogP contribution in [0.3, 0.4) is 0 Å². The molecule has 0 amide bonds. The Morgan fingerprint density at radius 2 is 2.15 bits per heavy atom. The van der Waals surface area contributed by atoms with Gasteiger partial charge in [-0.25, -0.2) is 9.37 Å². The van der Waals surface area contributed by atoms with Gasteiger partial charge in [-0.2, -0.15) is 0 Å². The van der Waals surface area contributed by atoms with Crippen molar-refractivity contribution in [1.29, 1.82) is 0 Å². The van der Waals surface area contributed by atoms with Gasteiger partial charge in [0.15, 0.2) is 0 Å². The first-order valence-corrected chi connectivity index (χ1v) is 4.34. The third-order valence-electron chi connectivity index (χ3n) is 1.45. The lowest BCUT2D eigenvalue weighted by atomic mass is 10.3. The number of rotatable bonds is 3. The summed E-state index contributed by atoms with van der Waals surface area (Å²) in [7, 11) is 1.34. The summed E-state index contributed by atoms with van der Waals surface area (Å²) in [6.07, 6.45) is 4.85. The van der Waals surface area contributed by atoms with E-state index in [9.17, 15) is 4.39 Å². The number of hydrogen-bond acceptors (Lipinski definition) is 2. The van der Waals surface area contributed by atoms with E-state index in [-0.39, 0.29) is 6.54 Å². The van der Waals surface area contributed by atoms with Crippen molar-refractivity contribution in [2.45, 2.75) is 33.2 Å². The normalized spacial score (nSPS) is 14.2. The van der Waals surface area contributed by atoms with Crippen molar-refractivity contribution in [3.8, 4) is 0 Å². The Morgan fingerprint density at radius 3 is 2.54 bits per heavy atom. The smallest absolute Gasteiger partial charge is 0.224 e. The van der Waals surface area contributed by atoms with Crippen LogP contribution in [0, 0.1) is 0 Å². The Morgan fingerprint density at radius 1 is 1.54 bits per heavy atom. The molecule has 1 unspecified atom stereocenters. The SMILES string of the molecule is CC.COC(C)(F)Cn1ccnc1. The molecule has 76 valence electrons. The molecule has 0 saturated carbocycles. The van der Waals surface area contributed by atoms with Crippen LogP contribution in [0.5, 0.6) is 0 Å². The number of ether oxygens (including phenoxy) is 1. The largest absolute Gasteiger partial charge is 0.348 e. The van der Waals surface area contributed by atoms with Crippen molar-refractivity contribution in [1.82, 2.24) is 9.55 Å². The maximum atomic E-state index is 13.1. The average molecular weight is 188 g/mol. The number of halogens is 1. The quantitative estimate of drug-likeness (QED) is 0.727. The van der Waals surface area contributed by atoms with Gasteiger partial charge in [0.25, 0.3) is 0 Å². The van der Waals surface area contributed by atoms with Crippen LogP contribution in [0.15, 0.2) is 18.7 Å². The Labute approximate surface area is 78.5 Å². The predicted molar refractivity (Wildman–Crippen MR) is 50.1 cm³/mol. The molecule has 0 radical (unpaired) electrons. The molecule has 0 spiro atoms. The highest BCUT2D eigenvalue weighted by Gasteiger charge is 2.21. The summed E-state index contributed by atoms with van der Waals surface area (Å²) in [5.41, 5.74) is 0. The number of imidazole rings is 1. The van der Waals surface area contributed by atoms with Gasteiger partial charge in [0.1, 0.15) is 0 Å². The van der Waals surface area contributed by atoms with Crippen molar-refractivity contribution >= 4 is 0 Å². The fourth-order valence-electron chi connectivity index (χ4n) is 0.771. The molecule has 1 rings (SSSR count). The lowest BCUT2D eigenvalue weighted by Gasteiger charge is -2.18. The average Bonchev–Trinajstić information content (AvgIpc) is 2.60. The highest BCUT2D eigenvalue weighted by molar-refractivity contribution is 4.76. The topological polar surface area (TPSA) is 27.1 Å². The van der Waals surface area contributed by atoms with E-state index in [0.717, 1.165) is 0 Å². The number of aromatic nitrogens is 2.